The minimum absolute atomic E-state index is 0.204. The van der Waals surface area contributed by atoms with E-state index in [1.54, 1.807) is 4.31 Å². The Labute approximate surface area is 197 Å². The first kappa shape index (κ1) is 23.2. The maximum Gasteiger partial charge on any atom is 0.279 e. The van der Waals surface area contributed by atoms with Crippen molar-refractivity contribution in [3.8, 4) is 0 Å². The summed E-state index contributed by atoms with van der Waals surface area (Å²) in [6, 6.07) is 11.7. The summed E-state index contributed by atoms with van der Waals surface area (Å²) in [4.78, 5) is 17.9. The van der Waals surface area contributed by atoms with Crippen molar-refractivity contribution in [2.24, 2.45) is 16.8 Å². The molecule has 3 aromatic rings. The Hall–Kier alpha value is -2.00. The number of carbonyl (C=O) groups excluding carboxylic acids is 1. The maximum absolute atomic E-state index is 13.1. The number of fused-ring (bicyclic) bond motifs is 1. The van der Waals surface area contributed by atoms with Crippen LogP contribution < -0.4 is 4.80 Å². The van der Waals surface area contributed by atoms with Crippen molar-refractivity contribution in [2.45, 2.75) is 38.6 Å². The number of aromatic nitrogens is 1. The van der Waals surface area contributed by atoms with Crippen LogP contribution in [0.3, 0.4) is 0 Å². The minimum Gasteiger partial charge on any atom is -0.317 e. The molecule has 1 saturated heterocycles. The van der Waals surface area contributed by atoms with E-state index < -0.39 is 15.9 Å². The summed E-state index contributed by atoms with van der Waals surface area (Å²) >= 11 is 7.50. The largest absolute Gasteiger partial charge is 0.317 e. The monoisotopic (exact) mass is 491 g/mol. The number of amides is 1. The molecule has 1 aromatic heterocycles. The summed E-state index contributed by atoms with van der Waals surface area (Å²) in [7, 11) is -3.58. The topological polar surface area (TPSA) is 71.7 Å². The summed E-state index contributed by atoms with van der Waals surface area (Å²) in [5.41, 5.74) is 1.32. The van der Waals surface area contributed by atoms with Crippen molar-refractivity contribution in [1.82, 2.24) is 8.87 Å². The van der Waals surface area contributed by atoms with Crippen molar-refractivity contribution in [3.63, 3.8) is 0 Å². The van der Waals surface area contributed by atoms with Gasteiger partial charge in [-0.1, -0.05) is 36.8 Å². The Bertz CT molecular complexity index is 1320. The maximum atomic E-state index is 13.1. The number of sulfonamides is 1. The van der Waals surface area contributed by atoms with Crippen molar-refractivity contribution in [1.29, 1.82) is 0 Å². The van der Waals surface area contributed by atoms with Gasteiger partial charge in [0.1, 0.15) is 0 Å². The number of nitrogens with zero attached hydrogens (tertiary/aromatic N) is 3. The molecule has 2 aromatic carbocycles. The first-order chi connectivity index (χ1) is 15.2. The molecule has 2 unspecified atom stereocenters. The number of rotatable bonds is 4. The molecule has 0 N–H and O–H groups in total. The fourth-order valence-corrected chi connectivity index (χ4v) is 7.36. The standard InChI is InChI=1S/C23H26ClN3O3S2/c1-4-27-20-10-7-18(24)12-21(20)31-23(27)25-22(28)17-5-8-19(9-6-17)32(29,30)26-13-15(2)11-16(3)14-26/h5-10,12,15-16H,4,11,13-14H2,1-3H3. The summed E-state index contributed by atoms with van der Waals surface area (Å²) in [5, 5.41) is 0.633. The van der Waals surface area contributed by atoms with E-state index in [1.165, 1.54) is 35.6 Å². The number of hydrogen-bond donors (Lipinski definition) is 0. The molecule has 1 amide bonds. The number of benzene rings is 2. The summed E-state index contributed by atoms with van der Waals surface area (Å²) in [5.74, 6) is 0.248. The van der Waals surface area contributed by atoms with Gasteiger partial charge in [0.15, 0.2) is 4.80 Å². The van der Waals surface area contributed by atoms with E-state index >= 15 is 0 Å². The Morgan fingerprint density at radius 1 is 1.12 bits per heavy atom. The number of thiazole rings is 1. The lowest BCUT2D eigenvalue weighted by Gasteiger charge is -2.34. The Morgan fingerprint density at radius 3 is 2.41 bits per heavy atom. The van der Waals surface area contributed by atoms with E-state index in [4.69, 9.17) is 11.6 Å². The second kappa shape index (κ2) is 9.09. The lowest BCUT2D eigenvalue weighted by molar-refractivity contribution is 0.0997. The van der Waals surface area contributed by atoms with Crippen LogP contribution in [0.4, 0.5) is 0 Å². The fraction of sp³-hybridized carbons (Fsp3) is 0.391. The van der Waals surface area contributed by atoms with Crippen LogP contribution in [0.1, 0.15) is 37.6 Å². The predicted molar refractivity (Wildman–Crippen MR) is 129 cm³/mol. The fourth-order valence-electron chi connectivity index (χ4n) is 4.31. The highest BCUT2D eigenvalue weighted by atomic mass is 35.5. The van der Waals surface area contributed by atoms with Crippen molar-refractivity contribution in [3.05, 3.63) is 57.9 Å². The van der Waals surface area contributed by atoms with Crippen LogP contribution in [0.2, 0.25) is 5.02 Å². The zero-order chi connectivity index (χ0) is 23.0. The molecule has 0 saturated carbocycles. The van der Waals surface area contributed by atoms with E-state index in [2.05, 4.69) is 18.8 Å². The second-order valence-electron chi connectivity index (χ2n) is 8.45. The van der Waals surface area contributed by atoms with Gasteiger partial charge in [0.25, 0.3) is 5.91 Å². The van der Waals surface area contributed by atoms with E-state index in [1.807, 2.05) is 29.7 Å². The highest BCUT2D eigenvalue weighted by Crippen LogP contribution is 2.27. The molecule has 9 heteroatoms. The predicted octanol–water partition coefficient (Wildman–Crippen LogP) is 4.78. The van der Waals surface area contributed by atoms with Crippen LogP contribution in [-0.4, -0.2) is 36.3 Å². The van der Waals surface area contributed by atoms with Gasteiger partial charge in [-0.25, -0.2) is 8.42 Å². The highest BCUT2D eigenvalue weighted by molar-refractivity contribution is 7.89. The van der Waals surface area contributed by atoms with Gasteiger partial charge in [-0.3, -0.25) is 4.79 Å². The van der Waals surface area contributed by atoms with E-state index in [0.29, 0.717) is 46.9 Å². The summed E-state index contributed by atoms with van der Waals surface area (Å²) in [6.45, 7) is 7.85. The highest BCUT2D eigenvalue weighted by Gasteiger charge is 2.31. The molecule has 0 aliphatic carbocycles. The third kappa shape index (κ3) is 4.55. The second-order valence-corrected chi connectivity index (χ2v) is 11.8. The molecule has 32 heavy (non-hydrogen) atoms. The molecule has 0 spiro atoms. The number of hydrogen-bond acceptors (Lipinski definition) is 4. The van der Waals surface area contributed by atoms with Crippen molar-refractivity contribution >= 4 is 49.1 Å². The van der Waals surface area contributed by atoms with Gasteiger partial charge in [0, 0.05) is 30.2 Å². The number of carbonyl (C=O) groups is 1. The molecule has 2 atom stereocenters. The quantitative estimate of drug-likeness (QED) is 0.527. The van der Waals surface area contributed by atoms with Gasteiger partial charge in [-0.05, 0) is 67.6 Å². The van der Waals surface area contributed by atoms with Crippen LogP contribution in [0.15, 0.2) is 52.4 Å². The van der Waals surface area contributed by atoms with Gasteiger partial charge in [-0.2, -0.15) is 9.30 Å². The van der Waals surface area contributed by atoms with E-state index in [9.17, 15) is 13.2 Å². The summed E-state index contributed by atoms with van der Waals surface area (Å²) in [6.07, 6.45) is 1.03. The molecule has 1 aliphatic heterocycles. The normalized spacial score (nSPS) is 20.7. The SMILES string of the molecule is CCn1c(=NC(=O)c2ccc(S(=O)(=O)N3CC(C)CC(C)C3)cc2)sc2cc(Cl)ccc21. The Kier molecular flexibility index (Phi) is 6.58. The van der Waals surface area contributed by atoms with Gasteiger partial charge in [0.2, 0.25) is 10.0 Å². The smallest absolute Gasteiger partial charge is 0.279 e. The molecule has 6 nitrogen and oxygen atoms in total. The molecular weight excluding hydrogens is 466 g/mol. The lowest BCUT2D eigenvalue weighted by Crippen LogP contribution is -2.42. The number of halogens is 1. The van der Waals surface area contributed by atoms with Gasteiger partial charge in [0.05, 0.1) is 15.1 Å². The molecule has 1 fully saturated rings. The van der Waals surface area contributed by atoms with Crippen LogP contribution in [0.5, 0.6) is 0 Å². The van der Waals surface area contributed by atoms with E-state index in [0.717, 1.165) is 16.6 Å². The molecule has 170 valence electrons. The van der Waals surface area contributed by atoms with Crippen LogP contribution in [0, 0.1) is 11.8 Å². The van der Waals surface area contributed by atoms with Gasteiger partial charge >= 0.3 is 0 Å². The zero-order valence-corrected chi connectivity index (χ0v) is 20.7. The average molecular weight is 492 g/mol. The molecule has 0 radical (unpaired) electrons. The first-order valence-corrected chi connectivity index (χ1v) is 13.3. The first-order valence-electron chi connectivity index (χ1n) is 10.7. The Balaban J connectivity index is 1.62. The average Bonchev–Trinajstić information content (AvgIpc) is 3.08. The van der Waals surface area contributed by atoms with Gasteiger partial charge < -0.3 is 4.57 Å². The van der Waals surface area contributed by atoms with Gasteiger partial charge in [-0.15, -0.1) is 0 Å². The summed E-state index contributed by atoms with van der Waals surface area (Å²) < 4.78 is 30.6. The molecule has 1 aliphatic rings. The zero-order valence-electron chi connectivity index (χ0n) is 18.3. The molecule has 0 bridgehead atoms. The molecule has 2 heterocycles. The minimum atomic E-state index is -3.58. The van der Waals surface area contributed by atoms with E-state index in [-0.39, 0.29) is 4.90 Å². The third-order valence-corrected chi connectivity index (χ3v) is 8.85. The number of piperidine rings is 1. The van der Waals surface area contributed by atoms with Crippen LogP contribution >= 0.6 is 22.9 Å². The van der Waals surface area contributed by atoms with Crippen molar-refractivity contribution in [2.75, 3.05) is 13.1 Å². The van der Waals surface area contributed by atoms with Crippen molar-refractivity contribution < 1.29 is 13.2 Å². The third-order valence-electron chi connectivity index (χ3n) is 5.73. The lowest BCUT2D eigenvalue weighted by atomic mass is 9.94. The van der Waals surface area contributed by atoms with Crippen LogP contribution in [-0.2, 0) is 16.6 Å². The molecular formula is C23H26ClN3O3S2. The number of aryl methyl sites for hydroxylation is 1. The van der Waals surface area contributed by atoms with Crippen LogP contribution in [0.25, 0.3) is 10.2 Å². The molecule has 4 rings (SSSR count). The Morgan fingerprint density at radius 2 is 1.78 bits per heavy atom.